The van der Waals surface area contributed by atoms with Crippen molar-refractivity contribution < 1.29 is 13.2 Å². The van der Waals surface area contributed by atoms with Gasteiger partial charge in [0.25, 0.3) is 0 Å². The van der Waals surface area contributed by atoms with Gasteiger partial charge in [0, 0.05) is 5.41 Å². The van der Waals surface area contributed by atoms with Gasteiger partial charge in [-0.15, -0.1) is 0 Å². The molecule has 0 amide bonds. The lowest BCUT2D eigenvalue weighted by Gasteiger charge is -2.19. The van der Waals surface area contributed by atoms with E-state index in [4.69, 9.17) is 28.3 Å². The molecule has 0 aliphatic carbocycles. The van der Waals surface area contributed by atoms with Crippen molar-refractivity contribution in [3.8, 4) is 0 Å². The van der Waals surface area contributed by atoms with Crippen LogP contribution in [-0.2, 0) is 10.0 Å². The number of sulfonamides is 1. The molecule has 0 atom stereocenters. The molecule has 1 aromatic rings. The number of hydrogen-bond donors (Lipinski definition) is 1. The topological polar surface area (TPSA) is 77.2 Å². The Morgan fingerprint density at radius 2 is 1.72 bits per heavy atom. The van der Waals surface area contributed by atoms with Crippen molar-refractivity contribution in [2.24, 2.45) is 10.6 Å². The highest BCUT2D eigenvalue weighted by Gasteiger charge is 2.29. The molecule has 0 spiro atoms. The molecule has 0 aromatic heterocycles. The predicted molar refractivity (Wildman–Crippen MR) is 71.6 cm³/mol. The first-order chi connectivity index (χ1) is 7.96. The second-order valence-electron chi connectivity index (χ2n) is 4.86. The molecule has 0 aliphatic heterocycles. The molecule has 1 rings (SSSR count). The highest BCUT2D eigenvalue weighted by molar-refractivity contribution is 7.89. The Labute approximate surface area is 116 Å². The summed E-state index contributed by atoms with van der Waals surface area (Å²) in [6.45, 7) is 5.06. The summed E-state index contributed by atoms with van der Waals surface area (Å²) >= 11 is 11.8. The Balaban J connectivity index is 3.61. The number of benzene rings is 1. The van der Waals surface area contributed by atoms with E-state index in [1.807, 2.05) is 0 Å². The van der Waals surface area contributed by atoms with Crippen LogP contribution in [0.4, 0.5) is 0 Å². The van der Waals surface area contributed by atoms with Gasteiger partial charge in [-0.2, -0.15) is 0 Å². The van der Waals surface area contributed by atoms with E-state index in [0.29, 0.717) is 0 Å². The average molecular weight is 310 g/mol. The van der Waals surface area contributed by atoms with Gasteiger partial charge >= 0.3 is 0 Å². The number of Topliss-reactive ketones (excluding diaryl/α,β-unsaturated/α-hetero) is 1. The van der Waals surface area contributed by atoms with Gasteiger partial charge in [-0.1, -0.05) is 44.0 Å². The van der Waals surface area contributed by atoms with Gasteiger partial charge in [0.05, 0.1) is 15.6 Å². The minimum Gasteiger partial charge on any atom is -0.293 e. The summed E-state index contributed by atoms with van der Waals surface area (Å²) in [6, 6.07) is 2.48. The summed E-state index contributed by atoms with van der Waals surface area (Å²) in [4.78, 5) is 11.9. The fraction of sp³-hybridized carbons (Fsp3) is 0.364. The Morgan fingerprint density at radius 1 is 1.22 bits per heavy atom. The van der Waals surface area contributed by atoms with Gasteiger partial charge in [0.1, 0.15) is 4.90 Å². The molecule has 2 N–H and O–H groups in total. The summed E-state index contributed by atoms with van der Waals surface area (Å²) < 4.78 is 22.7. The van der Waals surface area contributed by atoms with E-state index < -0.39 is 15.4 Å². The van der Waals surface area contributed by atoms with E-state index >= 15 is 0 Å². The van der Waals surface area contributed by atoms with Crippen molar-refractivity contribution in [1.29, 1.82) is 0 Å². The molecular formula is C11H13Cl2NO3S. The maximum Gasteiger partial charge on any atom is 0.239 e. The maximum absolute atomic E-state index is 12.2. The molecule has 4 nitrogen and oxygen atoms in total. The molecule has 1 aromatic carbocycles. The minimum absolute atomic E-state index is 0.0163. The number of carbonyl (C=O) groups excluding carboxylic acids is 1. The van der Waals surface area contributed by atoms with Crippen LogP contribution in [0.15, 0.2) is 17.0 Å². The lowest BCUT2D eigenvalue weighted by Crippen LogP contribution is -2.22. The van der Waals surface area contributed by atoms with Gasteiger partial charge in [0.2, 0.25) is 10.0 Å². The summed E-state index contributed by atoms with van der Waals surface area (Å²) in [5, 5.41) is 4.89. The van der Waals surface area contributed by atoms with E-state index in [1.54, 1.807) is 20.8 Å². The van der Waals surface area contributed by atoms with Crippen LogP contribution in [0, 0.1) is 5.41 Å². The summed E-state index contributed by atoms with van der Waals surface area (Å²) in [5.41, 5.74) is -0.748. The second-order valence-corrected chi connectivity index (χ2v) is 7.17. The van der Waals surface area contributed by atoms with Crippen molar-refractivity contribution in [2.75, 3.05) is 0 Å². The van der Waals surface area contributed by atoms with Crippen molar-refractivity contribution in [1.82, 2.24) is 0 Å². The summed E-state index contributed by atoms with van der Waals surface area (Å²) in [7, 11) is -3.99. The Bertz CT molecular complexity index is 603. The highest BCUT2D eigenvalue weighted by Crippen LogP contribution is 2.34. The van der Waals surface area contributed by atoms with Gasteiger partial charge in [-0.05, 0) is 12.1 Å². The first-order valence-electron chi connectivity index (χ1n) is 5.02. The van der Waals surface area contributed by atoms with Crippen molar-refractivity contribution in [3.05, 3.63) is 27.7 Å². The molecular weight excluding hydrogens is 297 g/mol. The number of halogens is 2. The van der Waals surface area contributed by atoms with E-state index in [1.165, 1.54) is 12.1 Å². The zero-order chi connectivity index (χ0) is 14.3. The SMILES string of the molecule is CC(C)(C)C(=O)c1c(Cl)ccc(S(N)(=O)=O)c1Cl. The third kappa shape index (κ3) is 3.03. The zero-order valence-electron chi connectivity index (χ0n) is 10.1. The number of carbonyl (C=O) groups is 1. The second kappa shape index (κ2) is 4.81. The first kappa shape index (κ1) is 15.4. The van der Waals surface area contributed by atoms with Crippen molar-refractivity contribution in [3.63, 3.8) is 0 Å². The molecule has 0 bridgehead atoms. The van der Waals surface area contributed by atoms with Crippen molar-refractivity contribution in [2.45, 2.75) is 25.7 Å². The van der Waals surface area contributed by atoms with E-state index in [0.717, 1.165) is 0 Å². The first-order valence-corrected chi connectivity index (χ1v) is 7.32. The average Bonchev–Trinajstić information content (AvgIpc) is 2.13. The molecule has 0 fully saturated rings. The van der Waals surface area contributed by atoms with Crippen LogP contribution in [-0.4, -0.2) is 14.2 Å². The van der Waals surface area contributed by atoms with Crippen LogP contribution in [0.2, 0.25) is 10.0 Å². The number of nitrogens with two attached hydrogens (primary N) is 1. The molecule has 0 saturated heterocycles. The largest absolute Gasteiger partial charge is 0.293 e. The number of primary sulfonamides is 1. The number of hydrogen-bond acceptors (Lipinski definition) is 3. The zero-order valence-corrected chi connectivity index (χ0v) is 12.4. The monoisotopic (exact) mass is 309 g/mol. The standard InChI is InChI=1S/C11H13Cl2NO3S/c1-11(2,3)10(15)8-6(12)4-5-7(9(8)13)18(14,16)17/h4-5H,1-3H3,(H2,14,16,17). The number of ketones is 1. The Hall–Kier alpha value is -0.620. The number of rotatable bonds is 2. The molecule has 100 valence electrons. The maximum atomic E-state index is 12.2. The lowest BCUT2D eigenvalue weighted by atomic mass is 9.86. The third-order valence-electron chi connectivity index (χ3n) is 2.27. The van der Waals surface area contributed by atoms with Crippen LogP contribution in [0.3, 0.4) is 0 Å². The molecule has 0 aliphatic rings. The normalized spacial score (nSPS) is 12.6. The van der Waals surface area contributed by atoms with E-state index in [9.17, 15) is 13.2 Å². The van der Waals surface area contributed by atoms with Gasteiger partial charge < -0.3 is 0 Å². The van der Waals surface area contributed by atoms with Gasteiger partial charge in [0.15, 0.2) is 5.78 Å². The fourth-order valence-corrected chi connectivity index (χ4v) is 2.81. The van der Waals surface area contributed by atoms with Crippen molar-refractivity contribution >= 4 is 39.0 Å². The van der Waals surface area contributed by atoms with Crippen LogP contribution >= 0.6 is 23.2 Å². The molecule has 0 saturated carbocycles. The summed E-state index contributed by atoms with van der Waals surface area (Å²) in [5.74, 6) is -0.344. The van der Waals surface area contributed by atoms with Crippen LogP contribution < -0.4 is 5.14 Å². The quantitative estimate of drug-likeness (QED) is 0.853. The lowest BCUT2D eigenvalue weighted by molar-refractivity contribution is 0.0858. The Morgan fingerprint density at radius 3 is 2.11 bits per heavy atom. The third-order valence-corrected chi connectivity index (χ3v) is 4.04. The van der Waals surface area contributed by atoms with Crippen LogP contribution in [0.1, 0.15) is 31.1 Å². The minimum atomic E-state index is -3.99. The predicted octanol–water partition coefficient (Wildman–Crippen LogP) is 2.87. The molecule has 7 heteroatoms. The summed E-state index contributed by atoms with van der Waals surface area (Å²) in [6.07, 6.45) is 0. The highest BCUT2D eigenvalue weighted by atomic mass is 35.5. The van der Waals surface area contributed by atoms with Crippen LogP contribution in [0.5, 0.6) is 0 Å². The van der Waals surface area contributed by atoms with E-state index in [2.05, 4.69) is 0 Å². The van der Waals surface area contributed by atoms with E-state index in [-0.39, 0.29) is 26.3 Å². The molecule has 0 unspecified atom stereocenters. The molecule has 0 radical (unpaired) electrons. The van der Waals surface area contributed by atoms with Crippen LogP contribution in [0.25, 0.3) is 0 Å². The molecule has 18 heavy (non-hydrogen) atoms. The smallest absolute Gasteiger partial charge is 0.239 e. The van der Waals surface area contributed by atoms with Gasteiger partial charge in [-0.3, -0.25) is 4.79 Å². The fourth-order valence-electron chi connectivity index (χ4n) is 1.34. The molecule has 0 heterocycles. The Kier molecular flexibility index (Phi) is 4.13. The van der Waals surface area contributed by atoms with Gasteiger partial charge in [-0.25, -0.2) is 13.6 Å².